The number of anilines is 1. The molecule has 0 spiro atoms. The molecular weight excluding hydrogens is 318 g/mol. The summed E-state index contributed by atoms with van der Waals surface area (Å²) in [4.78, 5) is 4.52. The smallest absolute Gasteiger partial charge is 0.195 e. The summed E-state index contributed by atoms with van der Waals surface area (Å²) in [6.45, 7) is 3.83. The van der Waals surface area contributed by atoms with E-state index in [0.29, 0.717) is 30.6 Å². The van der Waals surface area contributed by atoms with Gasteiger partial charge >= 0.3 is 0 Å². The van der Waals surface area contributed by atoms with Gasteiger partial charge in [-0.3, -0.25) is 0 Å². The molecule has 0 atom stereocenters. The number of para-hydroxylation sites is 1. The molecule has 0 aliphatic heterocycles. The third-order valence-electron chi connectivity index (χ3n) is 3.36. The van der Waals surface area contributed by atoms with Crippen molar-refractivity contribution < 1.29 is 14.2 Å². The molecule has 2 N–H and O–H groups in total. The van der Waals surface area contributed by atoms with Crippen LogP contribution in [0.2, 0.25) is 0 Å². The summed E-state index contributed by atoms with van der Waals surface area (Å²) in [5.74, 6) is 2.88. The zero-order chi connectivity index (χ0) is 17.9. The lowest BCUT2D eigenvalue weighted by molar-refractivity contribution is 0.328. The van der Waals surface area contributed by atoms with Crippen LogP contribution in [-0.2, 0) is 0 Å². The molecule has 0 amide bonds. The third-order valence-corrected chi connectivity index (χ3v) is 3.36. The number of nitrogens with one attached hydrogen (secondary N) is 2. The van der Waals surface area contributed by atoms with Gasteiger partial charge in [0.1, 0.15) is 12.4 Å². The van der Waals surface area contributed by atoms with E-state index >= 15 is 0 Å². The average Bonchev–Trinajstić information content (AvgIpc) is 2.66. The van der Waals surface area contributed by atoms with Crippen LogP contribution in [0.3, 0.4) is 0 Å². The van der Waals surface area contributed by atoms with E-state index in [2.05, 4.69) is 15.6 Å². The first kappa shape index (κ1) is 18.4. The van der Waals surface area contributed by atoms with Gasteiger partial charge in [0.2, 0.25) is 0 Å². The second kappa shape index (κ2) is 10.1. The molecule has 25 heavy (non-hydrogen) atoms. The first-order valence-electron chi connectivity index (χ1n) is 8.22. The second-order valence-corrected chi connectivity index (χ2v) is 5.12. The van der Waals surface area contributed by atoms with Crippen LogP contribution >= 0.6 is 0 Å². The molecule has 0 radical (unpaired) electrons. The van der Waals surface area contributed by atoms with Crippen LogP contribution in [0.5, 0.6) is 17.2 Å². The Labute approximate surface area is 148 Å². The van der Waals surface area contributed by atoms with Crippen LogP contribution in [-0.4, -0.2) is 39.9 Å². The van der Waals surface area contributed by atoms with Crippen LogP contribution in [0, 0.1) is 0 Å². The molecule has 2 aromatic carbocycles. The highest BCUT2D eigenvalue weighted by Crippen LogP contribution is 2.29. The SMILES string of the molecule is CCNC(=NCCOc1ccccc1)Nc1ccc(OC)c(OC)c1. The minimum absolute atomic E-state index is 0.506. The van der Waals surface area contributed by atoms with Gasteiger partial charge in [0.15, 0.2) is 17.5 Å². The van der Waals surface area contributed by atoms with Gasteiger partial charge in [-0.1, -0.05) is 18.2 Å². The van der Waals surface area contributed by atoms with Crippen LogP contribution in [0.4, 0.5) is 5.69 Å². The number of benzene rings is 2. The van der Waals surface area contributed by atoms with Crippen molar-refractivity contribution in [3.63, 3.8) is 0 Å². The minimum atomic E-state index is 0.506. The molecule has 0 heterocycles. The molecule has 0 saturated carbocycles. The number of ether oxygens (including phenoxy) is 3. The number of guanidine groups is 1. The van der Waals surface area contributed by atoms with E-state index < -0.39 is 0 Å². The van der Waals surface area contributed by atoms with Gasteiger partial charge in [0.25, 0.3) is 0 Å². The van der Waals surface area contributed by atoms with Crippen LogP contribution in [0.15, 0.2) is 53.5 Å². The Balaban J connectivity index is 1.95. The Morgan fingerprint density at radius 3 is 2.44 bits per heavy atom. The lowest BCUT2D eigenvalue weighted by Gasteiger charge is -2.14. The third kappa shape index (κ3) is 5.91. The lowest BCUT2D eigenvalue weighted by atomic mass is 10.3. The van der Waals surface area contributed by atoms with Gasteiger partial charge in [-0.25, -0.2) is 4.99 Å². The topological polar surface area (TPSA) is 64.1 Å². The predicted molar refractivity (Wildman–Crippen MR) is 101 cm³/mol. The van der Waals surface area contributed by atoms with Gasteiger partial charge in [-0.05, 0) is 31.2 Å². The van der Waals surface area contributed by atoms with Crippen molar-refractivity contribution in [2.75, 3.05) is 39.2 Å². The Bertz CT molecular complexity index is 675. The number of methoxy groups -OCH3 is 2. The van der Waals surface area contributed by atoms with Crippen molar-refractivity contribution in [3.8, 4) is 17.2 Å². The first-order chi connectivity index (χ1) is 12.3. The van der Waals surface area contributed by atoms with E-state index in [1.807, 2.05) is 55.5 Å². The molecule has 0 unspecified atom stereocenters. The first-order valence-corrected chi connectivity index (χ1v) is 8.22. The summed E-state index contributed by atoms with van der Waals surface area (Å²) in [5.41, 5.74) is 0.862. The zero-order valence-electron chi connectivity index (χ0n) is 14.9. The van der Waals surface area contributed by atoms with Crippen molar-refractivity contribution in [2.45, 2.75) is 6.92 Å². The van der Waals surface area contributed by atoms with Gasteiger partial charge in [-0.15, -0.1) is 0 Å². The normalized spacial score (nSPS) is 10.9. The van der Waals surface area contributed by atoms with Crippen molar-refractivity contribution in [3.05, 3.63) is 48.5 Å². The summed E-state index contributed by atoms with van der Waals surface area (Å²) in [6, 6.07) is 15.3. The summed E-state index contributed by atoms with van der Waals surface area (Å²) >= 11 is 0. The standard InChI is InChI=1S/C19H25N3O3/c1-4-20-19(21-12-13-25-16-8-6-5-7-9-16)22-15-10-11-17(23-2)18(14-15)24-3/h5-11,14H,4,12-13H2,1-3H3,(H2,20,21,22). The molecule has 0 aliphatic rings. The summed E-state index contributed by atoms with van der Waals surface area (Å²) in [7, 11) is 3.23. The number of hydrogen-bond acceptors (Lipinski definition) is 4. The molecule has 0 aromatic heterocycles. The second-order valence-electron chi connectivity index (χ2n) is 5.12. The van der Waals surface area contributed by atoms with Gasteiger partial charge in [0, 0.05) is 18.3 Å². The van der Waals surface area contributed by atoms with E-state index in [0.717, 1.165) is 18.0 Å². The Hall–Kier alpha value is -2.89. The predicted octanol–water partition coefficient (Wildman–Crippen LogP) is 3.16. The largest absolute Gasteiger partial charge is 0.493 e. The van der Waals surface area contributed by atoms with E-state index in [4.69, 9.17) is 14.2 Å². The molecule has 2 rings (SSSR count). The van der Waals surface area contributed by atoms with Gasteiger partial charge in [-0.2, -0.15) is 0 Å². The van der Waals surface area contributed by atoms with Crippen molar-refractivity contribution in [2.24, 2.45) is 4.99 Å². The number of aliphatic imine (C=N–C) groups is 1. The highest BCUT2D eigenvalue weighted by molar-refractivity contribution is 5.93. The van der Waals surface area contributed by atoms with Crippen molar-refractivity contribution in [1.29, 1.82) is 0 Å². The summed E-state index contributed by atoms with van der Waals surface area (Å²) in [5, 5.41) is 6.46. The number of nitrogens with zero attached hydrogens (tertiary/aromatic N) is 1. The highest BCUT2D eigenvalue weighted by atomic mass is 16.5. The zero-order valence-corrected chi connectivity index (χ0v) is 14.9. The Kier molecular flexibility index (Phi) is 7.43. The number of hydrogen-bond donors (Lipinski definition) is 2. The molecule has 2 aromatic rings. The molecule has 6 heteroatoms. The van der Waals surface area contributed by atoms with Crippen molar-refractivity contribution in [1.82, 2.24) is 5.32 Å². The molecule has 0 fully saturated rings. The quantitative estimate of drug-likeness (QED) is 0.438. The van der Waals surface area contributed by atoms with Gasteiger partial charge < -0.3 is 24.8 Å². The van der Waals surface area contributed by atoms with E-state index in [1.165, 1.54) is 0 Å². The van der Waals surface area contributed by atoms with Crippen molar-refractivity contribution >= 4 is 11.6 Å². The fourth-order valence-corrected chi connectivity index (χ4v) is 2.20. The molecule has 0 saturated heterocycles. The van der Waals surface area contributed by atoms with E-state index in [1.54, 1.807) is 14.2 Å². The highest BCUT2D eigenvalue weighted by Gasteiger charge is 2.06. The molecular formula is C19H25N3O3. The monoisotopic (exact) mass is 343 g/mol. The maximum Gasteiger partial charge on any atom is 0.195 e. The molecule has 0 aliphatic carbocycles. The van der Waals surface area contributed by atoms with E-state index in [9.17, 15) is 0 Å². The van der Waals surface area contributed by atoms with Crippen LogP contribution < -0.4 is 24.8 Å². The van der Waals surface area contributed by atoms with Crippen LogP contribution in [0.25, 0.3) is 0 Å². The Morgan fingerprint density at radius 1 is 1.00 bits per heavy atom. The fraction of sp³-hybridized carbons (Fsp3) is 0.316. The number of rotatable bonds is 8. The molecule has 0 bridgehead atoms. The lowest BCUT2D eigenvalue weighted by Crippen LogP contribution is -2.31. The fourth-order valence-electron chi connectivity index (χ4n) is 2.20. The average molecular weight is 343 g/mol. The minimum Gasteiger partial charge on any atom is -0.493 e. The van der Waals surface area contributed by atoms with Gasteiger partial charge in [0.05, 0.1) is 20.8 Å². The maximum absolute atomic E-state index is 5.65. The molecule has 6 nitrogen and oxygen atoms in total. The summed E-state index contributed by atoms with van der Waals surface area (Å²) in [6.07, 6.45) is 0. The summed E-state index contributed by atoms with van der Waals surface area (Å²) < 4.78 is 16.2. The van der Waals surface area contributed by atoms with Crippen LogP contribution in [0.1, 0.15) is 6.92 Å². The maximum atomic E-state index is 5.65. The van der Waals surface area contributed by atoms with E-state index in [-0.39, 0.29) is 0 Å². The molecule has 134 valence electrons. The Morgan fingerprint density at radius 2 is 1.76 bits per heavy atom.